The Kier molecular flexibility index (Phi) is 5.30. The summed E-state index contributed by atoms with van der Waals surface area (Å²) in [7, 11) is 4.30. The van der Waals surface area contributed by atoms with Crippen molar-refractivity contribution in [2.24, 2.45) is 0 Å². The molecule has 0 saturated carbocycles. The third kappa shape index (κ3) is 3.46. The van der Waals surface area contributed by atoms with E-state index in [1.54, 1.807) is 0 Å². The Labute approximate surface area is 127 Å². The lowest BCUT2D eigenvalue weighted by atomic mass is 10.1. The molecule has 1 aliphatic heterocycles. The second kappa shape index (κ2) is 6.79. The lowest BCUT2D eigenvalue weighted by Crippen LogP contribution is -2.31. The van der Waals surface area contributed by atoms with Crippen LogP contribution in [-0.4, -0.2) is 44.7 Å². The van der Waals surface area contributed by atoms with Crippen LogP contribution in [0.15, 0.2) is 18.2 Å². The Morgan fingerprint density at radius 2 is 2.20 bits per heavy atom. The highest BCUT2D eigenvalue weighted by Gasteiger charge is 2.25. The number of nitrogens with one attached hydrogen (secondary N) is 1. The summed E-state index contributed by atoms with van der Waals surface area (Å²) in [6, 6.07) is 7.44. The van der Waals surface area contributed by atoms with Crippen LogP contribution >= 0.6 is 11.6 Å². The van der Waals surface area contributed by atoms with Crippen LogP contribution in [0.4, 0.5) is 5.69 Å². The molecule has 1 saturated heterocycles. The first-order chi connectivity index (χ1) is 9.52. The number of likely N-dealkylation sites (N-methyl/N-ethyl adjacent to an activating group) is 1. The number of hydrogen-bond acceptors (Lipinski definition) is 3. The van der Waals surface area contributed by atoms with E-state index in [0.29, 0.717) is 12.1 Å². The third-order valence-electron chi connectivity index (χ3n) is 4.22. The molecule has 2 unspecified atom stereocenters. The Morgan fingerprint density at radius 1 is 1.45 bits per heavy atom. The maximum atomic E-state index is 6.50. The average molecular weight is 296 g/mol. The summed E-state index contributed by atoms with van der Waals surface area (Å²) in [5.74, 6) is 0. The largest absolute Gasteiger partial charge is 0.369 e. The number of nitrogens with zero attached hydrogens (tertiary/aromatic N) is 2. The van der Waals surface area contributed by atoms with Crippen LogP contribution in [0.25, 0.3) is 0 Å². The van der Waals surface area contributed by atoms with Crippen molar-refractivity contribution in [3.8, 4) is 0 Å². The molecule has 112 valence electrons. The number of benzene rings is 1. The van der Waals surface area contributed by atoms with Gasteiger partial charge in [-0.2, -0.15) is 0 Å². The second-order valence-electron chi connectivity index (χ2n) is 5.84. The molecule has 1 N–H and O–H groups in total. The lowest BCUT2D eigenvalue weighted by Gasteiger charge is -2.23. The van der Waals surface area contributed by atoms with Gasteiger partial charge in [-0.15, -0.1) is 0 Å². The SMILES string of the molecule is CCNC(C)c1ccc(N2CCC(N(C)C)C2)c(Cl)c1. The van der Waals surface area contributed by atoms with Crippen LogP contribution in [-0.2, 0) is 0 Å². The van der Waals surface area contributed by atoms with Gasteiger partial charge in [0.05, 0.1) is 10.7 Å². The van der Waals surface area contributed by atoms with Gasteiger partial charge in [-0.05, 0) is 51.7 Å². The molecule has 1 heterocycles. The minimum Gasteiger partial charge on any atom is -0.369 e. The van der Waals surface area contributed by atoms with Gasteiger partial charge in [-0.3, -0.25) is 0 Å². The Bertz CT molecular complexity index is 447. The van der Waals surface area contributed by atoms with E-state index < -0.39 is 0 Å². The normalized spacial score (nSPS) is 20.7. The van der Waals surface area contributed by atoms with E-state index in [9.17, 15) is 0 Å². The molecule has 4 heteroatoms. The zero-order valence-corrected chi connectivity index (χ0v) is 13.7. The molecule has 1 aromatic carbocycles. The molecule has 1 fully saturated rings. The fraction of sp³-hybridized carbons (Fsp3) is 0.625. The van der Waals surface area contributed by atoms with Gasteiger partial charge < -0.3 is 15.1 Å². The Morgan fingerprint density at radius 3 is 2.75 bits per heavy atom. The molecule has 0 radical (unpaired) electrons. The van der Waals surface area contributed by atoms with E-state index in [1.165, 1.54) is 17.7 Å². The first-order valence-electron chi connectivity index (χ1n) is 7.47. The molecule has 2 atom stereocenters. The molecule has 1 aliphatic rings. The minimum absolute atomic E-state index is 0.347. The highest BCUT2D eigenvalue weighted by molar-refractivity contribution is 6.33. The van der Waals surface area contributed by atoms with E-state index in [4.69, 9.17) is 11.6 Å². The average Bonchev–Trinajstić information content (AvgIpc) is 2.88. The molecule has 3 nitrogen and oxygen atoms in total. The van der Waals surface area contributed by atoms with Crippen LogP contribution < -0.4 is 10.2 Å². The van der Waals surface area contributed by atoms with E-state index >= 15 is 0 Å². The fourth-order valence-corrected chi connectivity index (χ4v) is 3.16. The molecule has 0 spiro atoms. The predicted octanol–water partition coefficient (Wildman–Crippen LogP) is 3.15. The molecular weight excluding hydrogens is 270 g/mol. The smallest absolute Gasteiger partial charge is 0.0642 e. The van der Waals surface area contributed by atoms with Crippen LogP contribution in [0.3, 0.4) is 0 Å². The summed E-state index contributed by atoms with van der Waals surface area (Å²) >= 11 is 6.50. The maximum Gasteiger partial charge on any atom is 0.0642 e. The van der Waals surface area contributed by atoms with Crippen molar-refractivity contribution >= 4 is 17.3 Å². The van der Waals surface area contributed by atoms with Gasteiger partial charge in [-0.25, -0.2) is 0 Å². The molecule has 0 aromatic heterocycles. The van der Waals surface area contributed by atoms with E-state index in [1.807, 2.05) is 0 Å². The maximum absolute atomic E-state index is 6.50. The highest BCUT2D eigenvalue weighted by Crippen LogP contribution is 2.31. The molecular formula is C16H26ClN3. The monoisotopic (exact) mass is 295 g/mol. The summed E-state index contributed by atoms with van der Waals surface area (Å²) in [6.45, 7) is 7.42. The Balaban J connectivity index is 2.10. The zero-order valence-electron chi connectivity index (χ0n) is 13.0. The number of hydrogen-bond donors (Lipinski definition) is 1. The van der Waals surface area contributed by atoms with Crippen molar-refractivity contribution in [3.63, 3.8) is 0 Å². The zero-order chi connectivity index (χ0) is 14.7. The van der Waals surface area contributed by atoms with Crippen molar-refractivity contribution in [1.29, 1.82) is 0 Å². The molecule has 0 aliphatic carbocycles. The van der Waals surface area contributed by atoms with Gasteiger partial charge in [0, 0.05) is 25.2 Å². The summed E-state index contributed by atoms with van der Waals surface area (Å²) in [4.78, 5) is 4.70. The summed E-state index contributed by atoms with van der Waals surface area (Å²) in [5.41, 5.74) is 2.42. The first-order valence-corrected chi connectivity index (χ1v) is 7.85. The first kappa shape index (κ1) is 15.6. The summed E-state index contributed by atoms with van der Waals surface area (Å²) in [6.07, 6.45) is 1.21. The van der Waals surface area contributed by atoms with Crippen LogP contribution in [0.1, 0.15) is 31.9 Å². The van der Waals surface area contributed by atoms with Gasteiger partial charge in [0.15, 0.2) is 0 Å². The molecule has 20 heavy (non-hydrogen) atoms. The van der Waals surface area contributed by atoms with Crippen LogP contribution in [0.2, 0.25) is 5.02 Å². The number of anilines is 1. The number of halogens is 1. The highest BCUT2D eigenvalue weighted by atomic mass is 35.5. The lowest BCUT2D eigenvalue weighted by molar-refractivity contribution is 0.315. The second-order valence-corrected chi connectivity index (χ2v) is 6.25. The standard InChI is InChI=1S/C16H26ClN3/c1-5-18-12(2)13-6-7-16(15(17)10-13)20-9-8-14(11-20)19(3)4/h6-7,10,12,14,18H,5,8-9,11H2,1-4H3. The van der Waals surface area contributed by atoms with E-state index in [0.717, 1.165) is 24.7 Å². The van der Waals surface area contributed by atoms with Gasteiger partial charge in [0.1, 0.15) is 0 Å². The van der Waals surface area contributed by atoms with Gasteiger partial charge >= 0.3 is 0 Å². The van der Waals surface area contributed by atoms with Crippen molar-refractivity contribution in [2.45, 2.75) is 32.4 Å². The minimum atomic E-state index is 0.347. The van der Waals surface area contributed by atoms with Crippen LogP contribution in [0, 0.1) is 0 Å². The third-order valence-corrected chi connectivity index (χ3v) is 4.52. The molecule has 0 bridgehead atoms. The van der Waals surface area contributed by atoms with E-state index in [2.05, 4.69) is 61.3 Å². The Hall–Kier alpha value is -0.770. The van der Waals surface area contributed by atoms with Crippen LogP contribution in [0.5, 0.6) is 0 Å². The van der Waals surface area contributed by atoms with Crippen molar-refractivity contribution < 1.29 is 0 Å². The molecule has 1 aromatic rings. The van der Waals surface area contributed by atoms with Crippen molar-refractivity contribution in [2.75, 3.05) is 38.6 Å². The van der Waals surface area contributed by atoms with Gasteiger partial charge in [-0.1, -0.05) is 24.6 Å². The number of rotatable bonds is 5. The predicted molar refractivity (Wildman–Crippen MR) is 87.8 cm³/mol. The molecule has 2 rings (SSSR count). The van der Waals surface area contributed by atoms with Crippen molar-refractivity contribution in [3.05, 3.63) is 28.8 Å². The van der Waals surface area contributed by atoms with Gasteiger partial charge in [0.25, 0.3) is 0 Å². The molecule has 0 amide bonds. The summed E-state index contributed by atoms with van der Waals surface area (Å²) < 4.78 is 0. The van der Waals surface area contributed by atoms with Crippen molar-refractivity contribution in [1.82, 2.24) is 10.2 Å². The quantitative estimate of drug-likeness (QED) is 0.900. The van der Waals surface area contributed by atoms with E-state index in [-0.39, 0.29) is 0 Å². The van der Waals surface area contributed by atoms with Gasteiger partial charge in [0.2, 0.25) is 0 Å². The fourth-order valence-electron chi connectivity index (χ4n) is 2.86. The topological polar surface area (TPSA) is 18.5 Å². The summed E-state index contributed by atoms with van der Waals surface area (Å²) in [5, 5.41) is 4.29.